The van der Waals surface area contributed by atoms with Crippen molar-refractivity contribution in [3.05, 3.63) is 194 Å². The van der Waals surface area contributed by atoms with Gasteiger partial charge in [-0.25, -0.2) is 0 Å². The minimum atomic E-state index is 0.642. The van der Waals surface area contributed by atoms with Crippen molar-refractivity contribution in [2.75, 3.05) is 0 Å². The SMILES string of the molecule is N#Cc1cccc(-n2c3ccccc3c3ccc(-c4ccccc4-c4ccccc4-c4cccc5c6ccccc6n(-c6ccccc6)c45)cc32)c1. The average molecular weight is 662 g/mol. The lowest BCUT2D eigenvalue weighted by atomic mass is 9.88. The van der Waals surface area contributed by atoms with Crippen molar-refractivity contribution in [2.45, 2.75) is 0 Å². The normalized spacial score (nSPS) is 11.4. The number of hydrogen-bond acceptors (Lipinski definition) is 1. The molecule has 0 N–H and O–H groups in total. The van der Waals surface area contributed by atoms with E-state index in [1.165, 1.54) is 54.8 Å². The fourth-order valence-electron chi connectivity index (χ4n) is 8.13. The molecular weight excluding hydrogens is 631 g/mol. The predicted octanol–water partition coefficient (Wildman–Crippen LogP) is 12.8. The first-order valence-electron chi connectivity index (χ1n) is 17.6. The number of benzene rings is 8. The summed E-state index contributed by atoms with van der Waals surface area (Å²) in [6.07, 6.45) is 0. The van der Waals surface area contributed by atoms with Gasteiger partial charge in [-0.15, -0.1) is 0 Å². The Morgan fingerprint density at radius 2 is 0.865 bits per heavy atom. The highest BCUT2D eigenvalue weighted by atomic mass is 15.0. The van der Waals surface area contributed by atoms with Crippen LogP contribution < -0.4 is 0 Å². The van der Waals surface area contributed by atoms with E-state index in [4.69, 9.17) is 0 Å². The molecule has 0 unspecified atom stereocenters. The lowest BCUT2D eigenvalue weighted by Crippen LogP contribution is -1.96. The summed E-state index contributed by atoms with van der Waals surface area (Å²) in [4.78, 5) is 0. The molecule has 0 atom stereocenters. The summed E-state index contributed by atoms with van der Waals surface area (Å²) in [6.45, 7) is 0. The van der Waals surface area contributed by atoms with Gasteiger partial charge in [-0.2, -0.15) is 5.26 Å². The van der Waals surface area contributed by atoms with Gasteiger partial charge < -0.3 is 9.13 Å². The molecule has 0 fully saturated rings. The quantitative estimate of drug-likeness (QED) is 0.181. The number of para-hydroxylation sites is 4. The third-order valence-corrected chi connectivity index (χ3v) is 10.4. The Hall–Kier alpha value is -7.15. The zero-order chi connectivity index (χ0) is 34.6. The van der Waals surface area contributed by atoms with Crippen LogP contribution in [0.3, 0.4) is 0 Å². The fraction of sp³-hybridized carbons (Fsp3) is 0. The predicted molar refractivity (Wildman–Crippen MR) is 216 cm³/mol. The van der Waals surface area contributed by atoms with Crippen molar-refractivity contribution in [1.82, 2.24) is 9.13 Å². The topological polar surface area (TPSA) is 33.6 Å². The van der Waals surface area contributed by atoms with E-state index in [1.54, 1.807) is 0 Å². The first-order valence-corrected chi connectivity index (χ1v) is 17.6. The maximum atomic E-state index is 9.73. The van der Waals surface area contributed by atoms with E-state index in [1.807, 2.05) is 18.2 Å². The molecule has 0 radical (unpaired) electrons. The Labute approximate surface area is 301 Å². The van der Waals surface area contributed by atoms with Crippen molar-refractivity contribution < 1.29 is 0 Å². The Morgan fingerprint density at radius 1 is 0.346 bits per heavy atom. The summed E-state index contributed by atoms with van der Waals surface area (Å²) >= 11 is 0. The minimum Gasteiger partial charge on any atom is -0.309 e. The molecule has 3 nitrogen and oxygen atoms in total. The maximum absolute atomic E-state index is 9.73. The molecule has 0 spiro atoms. The van der Waals surface area contributed by atoms with Gasteiger partial charge in [0.25, 0.3) is 0 Å². The lowest BCUT2D eigenvalue weighted by molar-refractivity contribution is 1.18. The van der Waals surface area contributed by atoms with E-state index in [0.717, 1.165) is 33.5 Å². The van der Waals surface area contributed by atoms with Crippen LogP contribution in [-0.4, -0.2) is 9.13 Å². The largest absolute Gasteiger partial charge is 0.309 e. The van der Waals surface area contributed by atoms with E-state index >= 15 is 0 Å². The highest BCUT2D eigenvalue weighted by Gasteiger charge is 2.20. The summed E-state index contributed by atoms with van der Waals surface area (Å²) in [5, 5.41) is 14.6. The number of aromatic nitrogens is 2. The molecule has 8 aromatic carbocycles. The van der Waals surface area contributed by atoms with Crippen LogP contribution in [0.4, 0.5) is 0 Å². The first-order chi connectivity index (χ1) is 25.8. The van der Waals surface area contributed by atoms with Crippen LogP contribution in [-0.2, 0) is 0 Å². The number of fused-ring (bicyclic) bond motifs is 6. The average Bonchev–Trinajstić information content (AvgIpc) is 3.74. The van der Waals surface area contributed by atoms with Crippen LogP contribution in [0.1, 0.15) is 5.56 Å². The van der Waals surface area contributed by atoms with Gasteiger partial charge in [0.2, 0.25) is 0 Å². The Bertz CT molecular complexity index is 3030. The second-order valence-corrected chi connectivity index (χ2v) is 13.2. The van der Waals surface area contributed by atoms with Gasteiger partial charge in [0.1, 0.15) is 0 Å². The van der Waals surface area contributed by atoms with Gasteiger partial charge in [0.05, 0.1) is 33.7 Å². The van der Waals surface area contributed by atoms with Gasteiger partial charge in [-0.3, -0.25) is 0 Å². The number of nitriles is 1. The van der Waals surface area contributed by atoms with E-state index in [2.05, 4.69) is 185 Å². The van der Waals surface area contributed by atoms with Crippen molar-refractivity contribution in [2.24, 2.45) is 0 Å². The van der Waals surface area contributed by atoms with Crippen molar-refractivity contribution in [3.8, 4) is 50.8 Å². The molecule has 0 aliphatic carbocycles. The van der Waals surface area contributed by atoms with Gasteiger partial charge in [0, 0.05) is 38.5 Å². The van der Waals surface area contributed by atoms with E-state index in [9.17, 15) is 5.26 Å². The Balaban J connectivity index is 1.21. The second-order valence-electron chi connectivity index (χ2n) is 13.2. The first kappa shape index (κ1) is 29.7. The number of hydrogen-bond donors (Lipinski definition) is 0. The molecule has 0 amide bonds. The van der Waals surface area contributed by atoms with E-state index < -0.39 is 0 Å². The van der Waals surface area contributed by atoms with Crippen molar-refractivity contribution >= 4 is 43.6 Å². The number of rotatable bonds is 5. The molecule has 0 aliphatic heterocycles. The molecule has 0 saturated carbocycles. The molecule has 0 aliphatic rings. The van der Waals surface area contributed by atoms with Crippen molar-refractivity contribution in [3.63, 3.8) is 0 Å². The van der Waals surface area contributed by atoms with Crippen LogP contribution in [0.5, 0.6) is 0 Å². The molecule has 0 bridgehead atoms. The molecule has 52 heavy (non-hydrogen) atoms. The molecule has 10 rings (SSSR count). The fourth-order valence-corrected chi connectivity index (χ4v) is 8.13. The molecular formula is C49H31N3. The molecule has 0 saturated heterocycles. The van der Waals surface area contributed by atoms with Crippen LogP contribution in [0.25, 0.3) is 88.4 Å². The molecule has 2 heterocycles. The van der Waals surface area contributed by atoms with Crippen LogP contribution in [0.15, 0.2) is 188 Å². The van der Waals surface area contributed by atoms with Gasteiger partial charge in [0.15, 0.2) is 0 Å². The van der Waals surface area contributed by atoms with Crippen LogP contribution in [0, 0.1) is 11.3 Å². The maximum Gasteiger partial charge on any atom is 0.0992 e. The van der Waals surface area contributed by atoms with Gasteiger partial charge >= 0.3 is 0 Å². The molecule has 10 aromatic rings. The number of nitrogens with zero attached hydrogens (tertiary/aromatic N) is 3. The van der Waals surface area contributed by atoms with Crippen LogP contribution in [0.2, 0.25) is 0 Å². The van der Waals surface area contributed by atoms with Crippen molar-refractivity contribution in [1.29, 1.82) is 5.26 Å². The van der Waals surface area contributed by atoms with Gasteiger partial charge in [-0.1, -0.05) is 140 Å². The zero-order valence-corrected chi connectivity index (χ0v) is 28.2. The summed E-state index contributed by atoms with van der Waals surface area (Å²) < 4.78 is 4.70. The Morgan fingerprint density at radius 3 is 1.62 bits per heavy atom. The van der Waals surface area contributed by atoms with E-state index in [-0.39, 0.29) is 0 Å². The zero-order valence-electron chi connectivity index (χ0n) is 28.2. The summed E-state index contributed by atoms with van der Waals surface area (Å²) in [6, 6.07) is 69.2. The third-order valence-electron chi connectivity index (χ3n) is 10.4. The third kappa shape index (κ3) is 4.59. The summed E-state index contributed by atoms with van der Waals surface area (Å²) in [7, 11) is 0. The second kappa shape index (κ2) is 12.0. The van der Waals surface area contributed by atoms with Gasteiger partial charge in [-0.05, 0) is 76.3 Å². The lowest BCUT2D eigenvalue weighted by Gasteiger charge is -2.17. The molecule has 2 aromatic heterocycles. The molecule has 3 heteroatoms. The van der Waals surface area contributed by atoms with Crippen LogP contribution >= 0.6 is 0 Å². The molecule has 242 valence electrons. The highest BCUT2D eigenvalue weighted by molar-refractivity contribution is 6.15. The van der Waals surface area contributed by atoms with E-state index in [0.29, 0.717) is 5.56 Å². The summed E-state index contributed by atoms with van der Waals surface area (Å²) in [5.41, 5.74) is 14.4. The minimum absolute atomic E-state index is 0.642. The smallest absolute Gasteiger partial charge is 0.0992 e. The monoisotopic (exact) mass is 661 g/mol. The standard InChI is InChI=1S/C49H31N3/c50-32-33-14-12-17-36(30-33)51-46-26-10-8-22-41(46)43-29-28-34(31-48(43)51)37-18-4-5-19-38(37)39-20-6-7-21-40(39)44-24-13-25-45-42-23-9-11-27-47(42)52(49(44)45)35-15-2-1-3-16-35/h1-31H. The highest BCUT2D eigenvalue weighted by Crippen LogP contribution is 2.44. The summed E-state index contributed by atoms with van der Waals surface area (Å²) in [5.74, 6) is 0. The Kier molecular flexibility index (Phi) is 6.87.